The summed E-state index contributed by atoms with van der Waals surface area (Å²) < 4.78 is 0.814. The number of hydrogen-bond donors (Lipinski definition) is 2. The molecule has 0 radical (unpaired) electrons. The van der Waals surface area contributed by atoms with Crippen LogP contribution in [0.3, 0.4) is 0 Å². The molecule has 0 fully saturated rings. The maximum absolute atomic E-state index is 12.2. The number of hydrogen-bond acceptors (Lipinski definition) is 7. The fraction of sp³-hybridized carbons (Fsp3) is 0.0870. The van der Waals surface area contributed by atoms with E-state index in [-0.39, 0.29) is 22.9 Å². The number of anilines is 2. The third-order valence-corrected chi connectivity index (χ3v) is 4.89. The maximum Gasteiger partial charge on any atom is 0.271 e. The molecule has 0 aliphatic carbocycles. The first kappa shape index (κ1) is 21.5. The molecule has 4 aromatic rings. The topological polar surface area (TPSA) is 126 Å². The molecule has 0 aliphatic heterocycles. The summed E-state index contributed by atoms with van der Waals surface area (Å²) in [5.41, 5.74) is 2.46. The van der Waals surface area contributed by atoms with Crippen LogP contribution in [-0.2, 0) is 4.79 Å². The number of aromatic nitrogens is 3. The Labute approximate surface area is 188 Å². The number of non-ortho nitro benzene ring substituents is 1. The van der Waals surface area contributed by atoms with E-state index in [4.69, 9.17) is 0 Å². The van der Waals surface area contributed by atoms with E-state index in [0.29, 0.717) is 16.8 Å². The molecule has 4 rings (SSSR count). The second kappa shape index (κ2) is 8.79. The zero-order valence-electron chi connectivity index (χ0n) is 17.8. The Balaban J connectivity index is 1.46. The van der Waals surface area contributed by atoms with Crippen molar-refractivity contribution < 1.29 is 14.9 Å². The van der Waals surface area contributed by atoms with Gasteiger partial charge in [0.2, 0.25) is 5.91 Å². The lowest BCUT2D eigenvalue weighted by molar-refractivity contribution is -0.384. The lowest BCUT2D eigenvalue weighted by Crippen LogP contribution is -2.10. The first-order valence-electron chi connectivity index (χ1n) is 9.91. The van der Waals surface area contributed by atoms with Gasteiger partial charge in [-0.2, -0.15) is 4.73 Å². The van der Waals surface area contributed by atoms with Gasteiger partial charge in [0.15, 0.2) is 5.82 Å². The minimum absolute atomic E-state index is 0.139. The molecule has 0 bridgehead atoms. The van der Waals surface area contributed by atoms with Crippen LogP contribution >= 0.6 is 0 Å². The molecule has 0 atom stereocenters. The van der Waals surface area contributed by atoms with E-state index in [1.165, 1.54) is 24.3 Å². The summed E-state index contributed by atoms with van der Waals surface area (Å²) in [5.74, 6) is 0.754. The van der Waals surface area contributed by atoms with E-state index in [0.717, 1.165) is 16.1 Å². The fourth-order valence-corrected chi connectivity index (χ4v) is 3.17. The molecular weight excluding hydrogens is 424 g/mol. The van der Waals surface area contributed by atoms with Crippen LogP contribution in [0.4, 0.5) is 17.2 Å². The lowest BCUT2D eigenvalue weighted by Gasteiger charge is -2.10. The number of fused-ring (bicyclic) bond motifs is 1. The minimum atomic E-state index is -0.534. The number of imidazole rings is 1. The number of amides is 1. The smallest absolute Gasteiger partial charge is 0.271 e. The average molecular weight is 444 g/mol. The van der Waals surface area contributed by atoms with Crippen molar-refractivity contribution in [3.63, 3.8) is 0 Å². The maximum atomic E-state index is 12.2. The molecule has 166 valence electrons. The van der Waals surface area contributed by atoms with E-state index >= 15 is 0 Å². The first-order valence-corrected chi connectivity index (χ1v) is 9.91. The predicted molar refractivity (Wildman–Crippen MR) is 125 cm³/mol. The highest BCUT2D eigenvalue weighted by atomic mass is 16.6. The molecular formula is C23H20N6O4. The molecule has 2 N–H and O–H groups in total. The number of rotatable bonds is 6. The molecule has 0 saturated heterocycles. The lowest BCUT2D eigenvalue weighted by atomic mass is 10.2. The SMILES string of the molecule is CN(C)c1ccc(C=CC(=O)Nc2ccc(-c3nc4ccc([N+](=O)[O-])cc4n3O)cc2)cn1. The van der Waals surface area contributed by atoms with Gasteiger partial charge in [-0.3, -0.25) is 14.9 Å². The van der Waals surface area contributed by atoms with Crippen LogP contribution in [0.1, 0.15) is 5.56 Å². The van der Waals surface area contributed by atoms with Crippen LogP contribution in [0.15, 0.2) is 66.9 Å². The van der Waals surface area contributed by atoms with Crippen LogP contribution in [-0.4, -0.2) is 44.8 Å². The molecule has 10 nitrogen and oxygen atoms in total. The van der Waals surface area contributed by atoms with Gasteiger partial charge in [-0.05, 0) is 54.1 Å². The largest absolute Gasteiger partial charge is 0.426 e. The van der Waals surface area contributed by atoms with Crippen LogP contribution in [0.5, 0.6) is 0 Å². The molecule has 2 heterocycles. The van der Waals surface area contributed by atoms with Gasteiger partial charge in [0.1, 0.15) is 11.3 Å². The Morgan fingerprint density at radius 1 is 1.15 bits per heavy atom. The molecule has 0 aliphatic rings. The third-order valence-electron chi connectivity index (χ3n) is 4.89. The fourth-order valence-electron chi connectivity index (χ4n) is 3.17. The summed E-state index contributed by atoms with van der Waals surface area (Å²) in [7, 11) is 3.80. The Hall–Kier alpha value is -4.73. The van der Waals surface area contributed by atoms with Crippen molar-refractivity contribution in [1.29, 1.82) is 0 Å². The van der Waals surface area contributed by atoms with Gasteiger partial charge in [-0.25, -0.2) is 9.97 Å². The summed E-state index contributed by atoms with van der Waals surface area (Å²) in [5, 5.41) is 24.2. The van der Waals surface area contributed by atoms with E-state index in [1.807, 2.05) is 31.1 Å². The number of nitrogens with zero attached hydrogens (tertiary/aromatic N) is 5. The minimum Gasteiger partial charge on any atom is -0.426 e. The monoisotopic (exact) mass is 444 g/mol. The number of carbonyl (C=O) groups excluding carboxylic acids is 1. The van der Waals surface area contributed by atoms with Gasteiger partial charge in [-0.15, -0.1) is 0 Å². The third kappa shape index (κ3) is 4.64. The Morgan fingerprint density at radius 2 is 1.91 bits per heavy atom. The summed E-state index contributed by atoms with van der Waals surface area (Å²) >= 11 is 0. The van der Waals surface area contributed by atoms with Crippen LogP contribution in [0.25, 0.3) is 28.5 Å². The van der Waals surface area contributed by atoms with Crippen molar-refractivity contribution in [1.82, 2.24) is 14.7 Å². The van der Waals surface area contributed by atoms with Gasteiger partial charge in [0, 0.05) is 49.8 Å². The van der Waals surface area contributed by atoms with Crippen molar-refractivity contribution in [2.24, 2.45) is 0 Å². The van der Waals surface area contributed by atoms with Gasteiger partial charge in [0.05, 0.1) is 10.4 Å². The molecule has 2 aromatic carbocycles. The second-order valence-corrected chi connectivity index (χ2v) is 7.42. The Bertz CT molecular complexity index is 1360. The first-order chi connectivity index (χ1) is 15.8. The normalized spacial score (nSPS) is 11.1. The zero-order chi connectivity index (χ0) is 23.5. The summed E-state index contributed by atoms with van der Waals surface area (Å²) in [6.45, 7) is 0. The van der Waals surface area contributed by atoms with Crippen molar-refractivity contribution >= 4 is 40.2 Å². The van der Waals surface area contributed by atoms with E-state index in [2.05, 4.69) is 15.3 Å². The van der Waals surface area contributed by atoms with Crippen LogP contribution < -0.4 is 10.2 Å². The zero-order valence-corrected chi connectivity index (χ0v) is 17.8. The average Bonchev–Trinajstić information content (AvgIpc) is 3.14. The predicted octanol–water partition coefficient (Wildman–Crippen LogP) is 3.96. The molecule has 10 heteroatoms. The van der Waals surface area contributed by atoms with Gasteiger partial charge < -0.3 is 15.4 Å². The molecule has 2 aromatic heterocycles. The number of nitrogens with one attached hydrogen (secondary N) is 1. The highest BCUT2D eigenvalue weighted by molar-refractivity contribution is 6.02. The van der Waals surface area contributed by atoms with Crippen LogP contribution in [0, 0.1) is 10.1 Å². The van der Waals surface area contributed by atoms with Crippen molar-refractivity contribution in [3.8, 4) is 11.4 Å². The molecule has 33 heavy (non-hydrogen) atoms. The van der Waals surface area contributed by atoms with Gasteiger partial charge >= 0.3 is 0 Å². The van der Waals surface area contributed by atoms with Gasteiger partial charge in [0.25, 0.3) is 5.69 Å². The molecule has 1 amide bonds. The Morgan fingerprint density at radius 3 is 2.55 bits per heavy atom. The summed E-state index contributed by atoms with van der Waals surface area (Å²) in [4.78, 5) is 33.2. The van der Waals surface area contributed by atoms with Crippen molar-refractivity contribution in [3.05, 3.63) is 82.5 Å². The highest BCUT2D eigenvalue weighted by Crippen LogP contribution is 2.27. The van der Waals surface area contributed by atoms with Crippen LogP contribution in [0.2, 0.25) is 0 Å². The molecule has 0 saturated carbocycles. The number of nitro groups is 1. The van der Waals surface area contributed by atoms with E-state index in [1.54, 1.807) is 36.5 Å². The van der Waals surface area contributed by atoms with Crippen molar-refractivity contribution in [2.75, 3.05) is 24.3 Å². The molecule has 0 spiro atoms. The van der Waals surface area contributed by atoms with E-state index < -0.39 is 4.92 Å². The quantitative estimate of drug-likeness (QED) is 0.199. The number of benzene rings is 2. The number of pyridine rings is 1. The molecule has 0 unspecified atom stereocenters. The Kier molecular flexibility index (Phi) is 5.73. The summed E-state index contributed by atoms with van der Waals surface area (Å²) in [6, 6.07) is 14.5. The van der Waals surface area contributed by atoms with E-state index in [9.17, 15) is 20.1 Å². The summed E-state index contributed by atoms with van der Waals surface area (Å²) in [6.07, 6.45) is 4.77. The number of carbonyl (C=O) groups is 1. The number of nitro benzene ring substituents is 1. The standard InChI is InChI=1S/C23H20N6O4/c1-27(2)21-11-3-15(14-24-21)4-12-22(30)25-17-7-5-16(6-8-17)23-26-19-10-9-18(29(32)33)13-20(19)28(23)31/h3-14,31H,1-2H3,(H,25,30). The van der Waals surface area contributed by atoms with Gasteiger partial charge in [-0.1, -0.05) is 0 Å². The highest BCUT2D eigenvalue weighted by Gasteiger charge is 2.15. The van der Waals surface area contributed by atoms with Crippen molar-refractivity contribution in [2.45, 2.75) is 0 Å². The second-order valence-electron chi connectivity index (χ2n) is 7.42.